The number of nitro groups is 1. The van der Waals surface area contributed by atoms with Gasteiger partial charge in [-0.15, -0.1) is 0 Å². The van der Waals surface area contributed by atoms with Gasteiger partial charge in [0.05, 0.1) is 22.2 Å². The van der Waals surface area contributed by atoms with Crippen molar-refractivity contribution < 1.29 is 9.72 Å². The van der Waals surface area contributed by atoms with Crippen LogP contribution in [0.3, 0.4) is 0 Å². The monoisotopic (exact) mass is 374 g/mol. The Morgan fingerprint density at radius 3 is 2.54 bits per heavy atom. The minimum atomic E-state index is -0.390. The third kappa shape index (κ3) is 4.50. The van der Waals surface area contributed by atoms with Gasteiger partial charge >= 0.3 is 0 Å². The number of halogens is 1. The van der Waals surface area contributed by atoms with Crippen molar-refractivity contribution in [1.82, 2.24) is 4.90 Å². The average molecular weight is 375 g/mol. The van der Waals surface area contributed by atoms with Crippen molar-refractivity contribution in [3.05, 3.63) is 63.7 Å². The number of piperazine rings is 1. The fraction of sp³-hybridized carbons (Fsp3) is 0.278. The fourth-order valence-electron chi connectivity index (χ4n) is 2.92. The van der Waals surface area contributed by atoms with E-state index < -0.39 is 4.92 Å². The van der Waals surface area contributed by atoms with Gasteiger partial charge in [0.25, 0.3) is 5.69 Å². The predicted molar refractivity (Wildman–Crippen MR) is 102 cm³/mol. The second-order valence-corrected chi connectivity index (χ2v) is 6.48. The lowest BCUT2D eigenvalue weighted by Gasteiger charge is -2.35. The molecule has 3 rings (SSSR count). The number of carbonyl (C=O) groups is 1. The smallest absolute Gasteiger partial charge is 0.271 e. The van der Waals surface area contributed by atoms with Crippen molar-refractivity contribution >= 4 is 34.6 Å². The zero-order valence-electron chi connectivity index (χ0n) is 14.1. The number of carbonyl (C=O) groups excluding carboxylic acids is 1. The van der Waals surface area contributed by atoms with Crippen LogP contribution in [-0.2, 0) is 4.79 Å². The first-order valence-electron chi connectivity index (χ1n) is 8.29. The maximum absolute atomic E-state index is 12.2. The normalized spacial score (nSPS) is 14.9. The van der Waals surface area contributed by atoms with Crippen LogP contribution in [0.15, 0.2) is 48.5 Å². The number of amides is 1. The predicted octanol–water partition coefficient (Wildman–Crippen LogP) is 3.01. The summed E-state index contributed by atoms with van der Waals surface area (Å²) in [5.74, 6) is -0.109. The van der Waals surface area contributed by atoms with Gasteiger partial charge in [-0.25, -0.2) is 0 Å². The van der Waals surface area contributed by atoms with Crippen molar-refractivity contribution in [3.8, 4) is 0 Å². The molecular formula is C18H19ClN4O3. The molecule has 1 amide bonds. The van der Waals surface area contributed by atoms with Crippen molar-refractivity contribution in [3.63, 3.8) is 0 Å². The molecule has 0 radical (unpaired) electrons. The SMILES string of the molecule is O=C(CN1CCN(c2cccc([N+](=O)[O-])c2)CC1)Nc1ccccc1Cl. The molecule has 1 saturated heterocycles. The van der Waals surface area contributed by atoms with E-state index in [0.29, 0.717) is 36.9 Å². The van der Waals surface area contributed by atoms with Gasteiger partial charge in [-0.1, -0.05) is 29.8 Å². The summed E-state index contributed by atoms with van der Waals surface area (Å²) in [4.78, 5) is 26.9. The molecule has 26 heavy (non-hydrogen) atoms. The minimum Gasteiger partial charge on any atom is -0.369 e. The zero-order valence-corrected chi connectivity index (χ0v) is 14.9. The van der Waals surface area contributed by atoms with E-state index in [1.807, 2.05) is 18.2 Å². The Morgan fingerprint density at radius 1 is 1.12 bits per heavy atom. The third-order valence-corrected chi connectivity index (χ3v) is 4.62. The van der Waals surface area contributed by atoms with Crippen molar-refractivity contribution in [2.45, 2.75) is 0 Å². The average Bonchev–Trinajstić information content (AvgIpc) is 2.64. The molecule has 1 aliphatic rings. The molecule has 0 spiro atoms. The molecule has 2 aromatic carbocycles. The molecule has 8 heteroatoms. The van der Waals surface area contributed by atoms with Crippen LogP contribution in [0.2, 0.25) is 5.02 Å². The Labute approximate surface area is 156 Å². The zero-order chi connectivity index (χ0) is 18.5. The van der Waals surface area contributed by atoms with Crippen LogP contribution in [0.5, 0.6) is 0 Å². The van der Waals surface area contributed by atoms with E-state index in [-0.39, 0.29) is 18.1 Å². The number of non-ortho nitro benzene ring substituents is 1. The van der Waals surface area contributed by atoms with Gasteiger partial charge in [-0.3, -0.25) is 19.8 Å². The first-order chi connectivity index (χ1) is 12.5. The Morgan fingerprint density at radius 2 is 1.85 bits per heavy atom. The maximum atomic E-state index is 12.2. The van der Waals surface area contributed by atoms with E-state index in [0.717, 1.165) is 5.69 Å². The number of nitro benzene ring substituents is 1. The number of nitrogens with one attached hydrogen (secondary N) is 1. The maximum Gasteiger partial charge on any atom is 0.271 e. The Bertz CT molecular complexity index is 807. The van der Waals surface area contributed by atoms with E-state index in [1.165, 1.54) is 6.07 Å². The summed E-state index contributed by atoms with van der Waals surface area (Å²) in [6, 6.07) is 13.8. The summed E-state index contributed by atoms with van der Waals surface area (Å²) in [5.41, 5.74) is 1.53. The second kappa shape index (κ2) is 8.16. The van der Waals surface area contributed by atoms with Crippen LogP contribution in [0, 0.1) is 10.1 Å². The highest BCUT2D eigenvalue weighted by Crippen LogP contribution is 2.23. The van der Waals surface area contributed by atoms with Gasteiger partial charge in [0.2, 0.25) is 5.91 Å². The van der Waals surface area contributed by atoms with E-state index in [4.69, 9.17) is 11.6 Å². The molecule has 0 aromatic heterocycles. The molecule has 0 saturated carbocycles. The van der Waals surface area contributed by atoms with E-state index in [1.54, 1.807) is 24.3 Å². The molecule has 1 N–H and O–H groups in total. The summed E-state index contributed by atoms with van der Waals surface area (Å²) in [5, 5.41) is 14.2. The molecule has 1 aliphatic heterocycles. The second-order valence-electron chi connectivity index (χ2n) is 6.07. The van der Waals surface area contributed by atoms with Gasteiger partial charge in [-0.05, 0) is 18.2 Å². The minimum absolute atomic E-state index is 0.0871. The van der Waals surface area contributed by atoms with Crippen molar-refractivity contribution in [1.29, 1.82) is 0 Å². The molecule has 0 bridgehead atoms. The molecule has 0 aliphatic carbocycles. The van der Waals surface area contributed by atoms with E-state index >= 15 is 0 Å². The standard InChI is InChI=1S/C18H19ClN4O3/c19-16-6-1-2-7-17(16)20-18(24)13-21-8-10-22(11-9-21)14-4-3-5-15(12-14)23(25)26/h1-7,12H,8-11,13H2,(H,20,24). The number of hydrogen-bond donors (Lipinski definition) is 1. The van der Waals surface area contributed by atoms with Gasteiger partial charge in [0.1, 0.15) is 0 Å². The Balaban J connectivity index is 1.52. The third-order valence-electron chi connectivity index (χ3n) is 4.29. The summed E-state index contributed by atoms with van der Waals surface area (Å²) in [7, 11) is 0. The van der Waals surface area contributed by atoms with Crippen LogP contribution < -0.4 is 10.2 Å². The highest BCUT2D eigenvalue weighted by atomic mass is 35.5. The molecule has 1 fully saturated rings. The number of rotatable bonds is 5. The van der Waals surface area contributed by atoms with E-state index in [9.17, 15) is 14.9 Å². The van der Waals surface area contributed by atoms with Crippen LogP contribution in [0.25, 0.3) is 0 Å². The summed E-state index contributed by atoms with van der Waals surface area (Å²) >= 11 is 6.05. The lowest BCUT2D eigenvalue weighted by atomic mass is 10.2. The highest BCUT2D eigenvalue weighted by Gasteiger charge is 2.20. The molecule has 136 valence electrons. The molecule has 2 aromatic rings. The Kier molecular flexibility index (Phi) is 5.70. The molecule has 0 unspecified atom stereocenters. The van der Waals surface area contributed by atoms with Crippen LogP contribution >= 0.6 is 11.6 Å². The van der Waals surface area contributed by atoms with E-state index in [2.05, 4.69) is 15.1 Å². The molecule has 0 atom stereocenters. The number of benzene rings is 2. The fourth-order valence-corrected chi connectivity index (χ4v) is 3.11. The largest absolute Gasteiger partial charge is 0.369 e. The number of hydrogen-bond acceptors (Lipinski definition) is 5. The lowest BCUT2D eigenvalue weighted by Crippen LogP contribution is -2.48. The van der Waals surface area contributed by atoms with Gasteiger partial charge in [0.15, 0.2) is 0 Å². The van der Waals surface area contributed by atoms with Gasteiger partial charge < -0.3 is 10.2 Å². The lowest BCUT2D eigenvalue weighted by molar-refractivity contribution is -0.384. The van der Waals surface area contributed by atoms with Gasteiger partial charge in [-0.2, -0.15) is 0 Å². The van der Waals surface area contributed by atoms with Crippen molar-refractivity contribution in [2.24, 2.45) is 0 Å². The first-order valence-corrected chi connectivity index (χ1v) is 8.67. The number of anilines is 2. The molecule has 7 nitrogen and oxygen atoms in total. The van der Waals surface area contributed by atoms with Crippen LogP contribution in [0.4, 0.5) is 17.1 Å². The Hall–Kier alpha value is -2.64. The number of nitrogens with zero attached hydrogens (tertiary/aromatic N) is 3. The topological polar surface area (TPSA) is 78.7 Å². The quantitative estimate of drug-likeness (QED) is 0.643. The summed E-state index contributed by atoms with van der Waals surface area (Å²) < 4.78 is 0. The van der Waals surface area contributed by atoms with Crippen LogP contribution in [0.1, 0.15) is 0 Å². The highest BCUT2D eigenvalue weighted by molar-refractivity contribution is 6.33. The van der Waals surface area contributed by atoms with Gasteiger partial charge in [0, 0.05) is 44.0 Å². The first kappa shape index (κ1) is 18.2. The molecular weight excluding hydrogens is 356 g/mol. The van der Waals surface area contributed by atoms with Crippen LogP contribution in [-0.4, -0.2) is 48.5 Å². The van der Waals surface area contributed by atoms with Crippen molar-refractivity contribution in [2.75, 3.05) is 42.9 Å². The number of para-hydroxylation sites is 1. The molecule has 1 heterocycles. The summed E-state index contributed by atoms with van der Waals surface area (Å²) in [6.45, 7) is 3.12. The summed E-state index contributed by atoms with van der Waals surface area (Å²) in [6.07, 6.45) is 0.